The van der Waals surface area contributed by atoms with Crippen molar-refractivity contribution in [2.75, 3.05) is 0 Å². The Bertz CT molecular complexity index is 94.9. The van der Waals surface area contributed by atoms with Crippen LogP contribution in [0, 0.1) is 0 Å². The first kappa shape index (κ1) is 15.7. The van der Waals surface area contributed by atoms with Gasteiger partial charge in [0.15, 0.2) is 0 Å². The van der Waals surface area contributed by atoms with Gasteiger partial charge >= 0.3 is 10.4 Å². The van der Waals surface area contributed by atoms with E-state index >= 15 is 0 Å². The van der Waals surface area contributed by atoms with Crippen molar-refractivity contribution in [3.05, 3.63) is 0 Å². The van der Waals surface area contributed by atoms with Crippen LogP contribution in [0.5, 0.6) is 0 Å². The Morgan fingerprint density at radius 3 is 1.14 bits per heavy atom. The standard InChI is InChI=1S/H2O4S.H3P.Zn/c1-5(2,3)4;;/h(H2,1,2,3,4);1H3;. The van der Waals surface area contributed by atoms with Gasteiger partial charge in [-0.25, -0.2) is 0 Å². The van der Waals surface area contributed by atoms with Crippen LogP contribution in [0.3, 0.4) is 0 Å². The van der Waals surface area contributed by atoms with Gasteiger partial charge < -0.3 is 0 Å². The molecule has 0 radical (unpaired) electrons. The first-order valence-corrected chi connectivity index (χ1v) is 2.10. The molecule has 0 bridgehead atoms. The summed E-state index contributed by atoms with van der Waals surface area (Å²) in [6, 6.07) is 0. The van der Waals surface area contributed by atoms with Crippen LogP contribution in [0.1, 0.15) is 0 Å². The fourth-order valence-corrected chi connectivity index (χ4v) is 0. The Labute approximate surface area is 57.6 Å². The third-order valence-electron chi connectivity index (χ3n) is 0. The summed E-state index contributed by atoms with van der Waals surface area (Å²) in [5, 5.41) is 0. The maximum Gasteiger partial charge on any atom is 0.394 e. The summed E-state index contributed by atoms with van der Waals surface area (Å²) < 4.78 is 31.6. The van der Waals surface area contributed by atoms with E-state index < -0.39 is 10.4 Å². The summed E-state index contributed by atoms with van der Waals surface area (Å²) in [7, 11) is -4.67. The summed E-state index contributed by atoms with van der Waals surface area (Å²) >= 11 is 0. The van der Waals surface area contributed by atoms with Crippen LogP contribution in [-0.2, 0) is 29.9 Å². The normalized spacial score (nSPS) is 8.29. The molecule has 7 heavy (non-hydrogen) atoms. The molecule has 4 nitrogen and oxygen atoms in total. The maximum atomic E-state index is 8.74. The van der Waals surface area contributed by atoms with Crippen molar-refractivity contribution in [1.82, 2.24) is 0 Å². The quantitative estimate of drug-likeness (QED) is 0.309. The van der Waals surface area contributed by atoms with Crippen molar-refractivity contribution >= 4 is 20.3 Å². The van der Waals surface area contributed by atoms with Gasteiger partial charge in [-0.3, -0.25) is 9.11 Å². The number of hydrogen-bond donors (Lipinski definition) is 2. The molecule has 1 unspecified atom stereocenters. The van der Waals surface area contributed by atoms with Crippen molar-refractivity contribution < 1.29 is 37.0 Å². The zero-order valence-electron chi connectivity index (χ0n) is 3.53. The Hall–Kier alpha value is 0.923. The summed E-state index contributed by atoms with van der Waals surface area (Å²) in [4.78, 5) is 0. The fraction of sp³-hybridized carbons (Fsp3) is 0. The van der Waals surface area contributed by atoms with Crippen molar-refractivity contribution in [2.45, 2.75) is 0 Å². The smallest absolute Gasteiger partial charge is 0.264 e. The summed E-state index contributed by atoms with van der Waals surface area (Å²) in [6.07, 6.45) is 0. The third-order valence-corrected chi connectivity index (χ3v) is 0. The van der Waals surface area contributed by atoms with E-state index in [4.69, 9.17) is 17.5 Å². The molecular formula is H5O4PSZn. The van der Waals surface area contributed by atoms with E-state index in [1.807, 2.05) is 0 Å². The molecule has 0 aliphatic rings. The van der Waals surface area contributed by atoms with Crippen LogP contribution >= 0.6 is 9.90 Å². The molecular weight excluding hydrogens is 192 g/mol. The summed E-state index contributed by atoms with van der Waals surface area (Å²) in [6.45, 7) is 0. The molecule has 0 aromatic heterocycles. The molecule has 0 amide bonds. The van der Waals surface area contributed by atoms with Crippen molar-refractivity contribution in [3.8, 4) is 0 Å². The Morgan fingerprint density at radius 2 is 1.14 bits per heavy atom. The average molecular weight is 197 g/mol. The van der Waals surface area contributed by atoms with E-state index in [0.717, 1.165) is 0 Å². The van der Waals surface area contributed by atoms with Crippen molar-refractivity contribution in [2.24, 2.45) is 0 Å². The van der Waals surface area contributed by atoms with E-state index in [1.54, 1.807) is 0 Å². The third kappa shape index (κ3) is 197. The second-order valence-corrected chi connectivity index (χ2v) is 1.34. The minimum atomic E-state index is -4.67. The topological polar surface area (TPSA) is 74.6 Å². The average Bonchev–Trinajstić information content (AvgIpc) is 0.722. The molecule has 0 aromatic carbocycles. The molecule has 7 heteroatoms. The second kappa shape index (κ2) is 5.07. The summed E-state index contributed by atoms with van der Waals surface area (Å²) in [5.41, 5.74) is 0. The van der Waals surface area contributed by atoms with Crippen molar-refractivity contribution in [1.29, 1.82) is 0 Å². The van der Waals surface area contributed by atoms with Crippen LogP contribution < -0.4 is 0 Å². The SMILES string of the molecule is O=S(=O)(O)O.P.[Zn]. The van der Waals surface area contributed by atoms with Gasteiger partial charge in [0.1, 0.15) is 0 Å². The zero-order valence-corrected chi connectivity index (χ0v) is 8.73. The molecule has 0 saturated heterocycles. The van der Waals surface area contributed by atoms with Crippen molar-refractivity contribution in [3.63, 3.8) is 0 Å². The fourth-order valence-electron chi connectivity index (χ4n) is 0. The molecule has 0 rings (SSSR count). The van der Waals surface area contributed by atoms with Gasteiger partial charge in [-0.15, -0.1) is 0 Å². The molecule has 42 valence electrons. The number of rotatable bonds is 0. The molecule has 0 fully saturated rings. The first-order chi connectivity index (χ1) is 2.00. The van der Waals surface area contributed by atoms with Gasteiger partial charge in [0, 0.05) is 19.5 Å². The number of hydrogen-bond acceptors (Lipinski definition) is 2. The van der Waals surface area contributed by atoms with Crippen LogP contribution in [0.25, 0.3) is 0 Å². The molecule has 2 N–H and O–H groups in total. The first-order valence-electron chi connectivity index (χ1n) is 0.698. The molecule has 0 aliphatic carbocycles. The molecule has 1 atom stereocenters. The Balaban J connectivity index is -0.0000000800. The minimum absolute atomic E-state index is 0. The Kier molecular flexibility index (Phi) is 11.3. The predicted molar refractivity (Wildman–Crippen MR) is 25.3 cm³/mol. The van der Waals surface area contributed by atoms with Crippen LogP contribution in [0.15, 0.2) is 0 Å². The largest absolute Gasteiger partial charge is 0.394 e. The predicted octanol–water partition coefficient (Wildman–Crippen LogP) is -0.597. The second-order valence-electron chi connectivity index (χ2n) is 0.448. The summed E-state index contributed by atoms with van der Waals surface area (Å²) in [5.74, 6) is 0. The van der Waals surface area contributed by atoms with Crippen LogP contribution in [0.2, 0.25) is 0 Å². The van der Waals surface area contributed by atoms with Gasteiger partial charge in [0.05, 0.1) is 0 Å². The van der Waals surface area contributed by atoms with Gasteiger partial charge in [-0.05, 0) is 0 Å². The monoisotopic (exact) mass is 196 g/mol. The molecule has 0 aliphatic heterocycles. The van der Waals surface area contributed by atoms with Gasteiger partial charge in [0.25, 0.3) is 0 Å². The van der Waals surface area contributed by atoms with Gasteiger partial charge in [0.2, 0.25) is 0 Å². The Morgan fingerprint density at radius 1 is 1.14 bits per heavy atom. The molecule has 0 spiro atoms. The van der Waals surface area contributed by atoms with E-state index in [2.05, 4.69) is 0 Å². The van der Waals surface area contributed by atoms with E-state index in [-0.39, 0.29) is 29.4 Å². The molecule has 0 heterocycles. The molecule has 0 saturated carbocycles. The van der Waals surface area contributed by atoms with E-state index in [0.29, 0.717) is 0 Å². The van der Waals surface area contributed by atoms with Gasteiger partial charge in [-0.1, -0.05) is 0 Å². The van der Waals surface area contributed by atoms with Gasteiger partial charge in [-0.2, -0.15) is 18.3 Å². The van der Waals surface area contributed by atoms with E-state index in [1.165, 1.54) is 0 Å². The minimum Gasteiger partial charge on any atom is -0.264 e. The van der Waals surface area contributed by atoms with Crippen LogP contribution in [-0.4, -0.2) is 17.5 Å². The zero-order chi connectivity index (χ0) is 4.50. The van der Waals surface area contributed by atoms with E-state index in [9.17, 15) is 0 Å². The van der Waals surface area contributed by atoms with Crippen LogP contribution in [0.4, 0.5) is 0 Å². The maximum absolute atomic E-state index is 8.74. The molecule has 0 aromatic rings.